The zero-order valence-electron chi connectivity index (χ0n) is 15.8. The Morgan fingerprint density at radius 1 is 1.30 bits per heavy atom. The number of carbonyl (C=O) groups excluding carboxylic acids is 2. The summed E-state index contributed by atoms with van der Waals surface area (Å²) in [7, 11) is 0. The van der Waals surface area contributed by atoms with Crippen LogP contribution in [0.1, 0.15) is 12.6 Å². The summed E-state index contributed by atoms with van der Waals surface area (Å²) in [6.45, 7) is -0.599. The van der Waals surface area contributed by atoms with Crippen LogP contribution in [0.4, 0.5) is 5.82 Å². The molecule has 0 amide bonds. The van der Waals surface area contributed by atoms with Crippen LogP contribution in [0.25, 0.3) is 11.2 Å². The lowest BCUT2D eigenvalue weighted by molar-refractivity contribution is -0.438. The third kappa shape index (κ3) is 4.47. The molecule has 0 unspecified atom stereocenters. The summed E-state index contributed by atoms with van der Waals surface area (Å²) in [5.74, 6) is -2.61. The highest BCUT2D eigenvalue weighted by molar-refractivity contribution is 5.81. The van der Waals surface area contributed by atoms with Gasteiger partial charge in [0.25, 0.3) is 0 Å². The zero-order valence-corrected chi connectivity index (χ0v) is 15.8. The molecule has 30 heavy (non-hydrogen) atoms. The number of nitrogen functional groups attached to an aromatic ring is 1. The van der Waals surface area contributed by atoms with Gasteiger partial charge >= 0.3 is 0 Å². The van der Waals surface area contributed by atoms with E-state index in [-0.39, 0.29) is 25.3 Å². The van der Waals surface area contributed by atoms with E-state index in [4.69, 9.17) is 10.5 Å². The summed E-state index contributed by atoms with van der Waals surface area (Å²) < 4.78 is 7.16. The third-order valence-electron chi connectivity index (χ3n) is 4.92. The molecule has 0 aliphatic carbocycles. The number of carbonyl (C=O) groups is 2. The number of nitrogens with zero attached hydrogens (tertiary/aromatic N) is 5. The van der Waals surface area contributed by atoms with Crippen LogP contribution in [0.15, 0.2) is 12.7 Å². The van der Waals surface area contributed by atoms with Crippen molar-refractivity contribution in [1.82, 2.24) is 24.4 Å². The first kappa shape index (κ1) is 21.8. The molecule has 3 heterocycles. The first-order valence-electron chi connectivity index (χ1n) is 9.09. The Morgan fingerprint density at radius 2 is 2.03 bits per heavy atom. The quantitative estimate of drug-likeness (QED) is 0.294. The van der Waals surface area contributed by atoms with E-state index >= 15 is 0 Å². The maximum absolute atomic E-state index is 11.0. The Kier molecular flexibility index (Phi) is 6.42. The van der Waals surface area contributed by atoms with E-state index in [9.17, 15) is 30.0 Å². The monoisotopic (exact) mass is 424 g/mol. The van der Waals surface area contributed by atoms with Gasteiger partial charge in [0.05, 0.1) is 18.3 Å². The fourth-order valence-electron chi connectivity index (χ4n) is 3.29. The number of ether oxygens (including phenoxy) is 1. The van der Waals surface area contributed by atoms with Gasteiger partial charge in [-0.1, -0.05) is 0 Å². The molecule has 0 saturated carbocycles. The first-order valence-corrected chi connectivity index (χ1v) is 9.09. The van der Waals surface area contributed by atoms with E-state index in [2.05, 4.69) is 20.7 Å². The highest BCUT2D eigenvalue weighted by Crippen LogP contribution is 2.32. The number of hydrogen-bond donors (Lipinski definition) is 4. The number of anilines is 1. The van der Waals surface area contributed by atoms with Crippen molar-refractivity contribution in [2.75, 3.05) is 25.4 Å². The summed E-state index contributed by atoms with van der Waals surface area (Å²) >= 11 is 0. The molecule has 14 heteroatoms. The Morgan fingerprint density at radius 3 is 2.70 bits per heavy atom. The largest absolute Gasteiger partial charge is 0.549 e. The fraction of sp³-hybridized carbons (Fsp3) is 0.562. The van der Waals surface area contributed by atoms with E-state index < -0.39 is 49.1 Å². The maximum Gasteiger partial charge on any atom is 0.167 e. The van der Waals surface area contributed by atoms with Crippen molar-refractivity contribution >= 4 is 28.9 Å². The van der Waals surface area contributed by atoms with Gasteiger partial charge in [-0.15, -0.1) is 0 Å². The van der Waals surface area contributed by atoms with Crippen molar-refractivity contribution < 1.29 is 40.5 Å². The van der Waals surface area contributed by atoms with Gasteiger partial charge in [0.1, 0.15) is 36.2 Å². The van der Waals surface area contributed by atoms with Crippen LogP contribution in [-0.2, 0) is 14.3 Å². The molecule has 0 spiro atoms. The second-order valence-corrected chi connectivity index (χ2v) is 7.04. The highest BCUT2D eigenvalue weighted by Gasteiger charge is 2.44. The van der Waals surface area contributed by atoms with Crippen LogP contribution in [0.5, 0.6) is 0 Å². The number of hydrogen-bond acceptors (Lipinski definition) is 12. The van der Waals surface area contributed by atoms with Crippen molar-refractivity contribution in [1.29, 1.82) is 0 Å². The van der Waals surface area contributed by atoms with Crippen molar-refractivity contribution in [3.63, 3.8) is 0 Å². The SMILES string of the molecule is Nc1ncnc2c1ncn2[C@@H]1O[C@H](CN(CC[C@H]([NH3+])C(=O)[O-])CC(=O)[O-])[C@@H](O)[C@H]1O. The summed E-state index contributed by atoms with van der Waals surface area (Å²) in [5.41, 5.74) is 9.77. The molecule has 1 fully saturated rings. The Hall–Kier alpha value is -2.91. The Bertz CT molecular complexity index is 922. The van der Waals surface area contributed by atoms with Crippen molar-refractivity contribution in [2.24, 2.45) is 0 Å². The minimum absolute atomic E-state index is 0.0206. The molecule has 0 radical (unpaired) electrons. The van der Waals surface area contributed by atoms with Crippen LogP contribution < -0.4 is 21.7 Å². The lowest BCUT2D eigenvalue weighted by Gasteiger charge is -2.27. The number of nitrogens with two attached hydrogens (primary N) is 1. The molecule has 0 bridgehead atoms. The van der Waals surface area contributed by atoms with E-state index in [0.717, 1.165) is 0 Å². The van der Waals surface area contributed by atoms with Gasteiger partial charge in [0.15, 0.2) is 17.7 Å². The van der Waals surface area contributed by atoms with Crippen molar-refractivity contribution in [3.05, 3.63) is 12.7 Å². The Balaban J connectivity index is 1.74. The predicted octanol–water partition coefficient (Wildman–Crippen LogP) is -6.17. The highest BCUT2D eigenvalue weighted by atomic mass is 16.6. The molecule has 164 valence electrons. The zero-order chi connectivity index (χ0) is 22.0. The van der Waals surface area contributed by atoms with E-state index in [0.29, 0.717) is 11.2 Å². The molecule has 3 rings (SSSR count). The lowest BCUT2D eigenvalue weighted by atomic mass is 10.1. The second-order valence-electron chi connectivity index (χ2n) is 7.04. The number of carboxylic acid groups (broad SMARTS) is 2. The maximum atomic E-state index is 11.0. The number of fused-ring (bicyclic) bond motifs is 1. The van der Waals surface area contributed by atoms with Crippen LogP contribution in [0.2, 0.25) is 0 Å². The number of aromatic nitrogens is 4. The average Bonchev–Trinajstić information content (AvgIpc) is 3.22. The van der Waals surface area contributed by atoms with Gasteiger partial charge in [0.2, 0.25) is 0 Å². The summed E-state index contributed by atoms with van der Waals surface area (Å²) in [6.07, 6.45) is -2.17. The third-order valence-corrected chi connectivity index (χ3v) is 4.92. The van der Waals surface area contributed by atoms with Gasteiger partial charge < -0.3 is 46.2 Å². The molecule has 1 aliphatic rings. The number of aliphatic hydroxyl groups excluding tert-OH is 2. The van der Waals surface area contributed by atoms with Gasteiger partial charge in [-0.2, -0.15) is 0 Å². The van der Waals surface area contributed by atoms with Crippen molar-refractivity contribution in [2.45, 2.75) is 37.0 Å². The molecular formula is C16H22N7O7-. The van der Waals surface area contributed by atoms with Gasteiger partial charge in [-0.3, -0.25) is 9.47 Å². The van der Waals surface area contributed by atoms with Gasteiger partial charge in [0, 0.05) is 26.1 Å². The van der Waals surface area contributed by atoms with Crippen LogP contribution in [0, 0.1) is 0 Å². The minimum atomic E-state index is -1.39. The summed E-state index contributed by atoms with van der Waals surface area (Å²) in [6, 6.07) is -1.04. The lowest BCUT2D eigenvalue weighted by Crippen LogP contribution is -2.69. The molecule has 14 nitrogen and oxygen atoms in total. The fourth-order valence-corrected chi connectivity index (χ4v) is 3.29. The molecule has 5 atom stereocenters. The normalized spacial score (nSPS) is 25.1. The average molecular weight is 424 g/mol. The van der Waals surface area contributed by atoms with Crippen LogP contribution >= 0.6 is 0 Å². The van der Waals surface area contributed by atoms with Gasteiger partial charge in [-0.05, 0) is 0 Å². The predicted molar refractivity (Wildman–Crippen MR) is 93.4 cm³/mol. The van der Waals surface area contributed by atoms with E-state index in [1.807, 2.05) is 0 Å². The number of aliphatic hydroxyl groups is 2. The molecule has 2 aromatic heterocycles. The van der Waals surface area contributed by atoms with Gasteiger partial charge in [-0.25, -0.2) is 15.0 Å². The van der Waals surface area contributed by atoms with Crippen LogP contribution in [0.3, 0.4) is 0 Å². The van der Waals surface area contributed by atoms with Crippen molar-refractivity contribution in [3.8, 4) is 0 Å². The van der Waals surface area contributed by atoms with E-state index in [1.54, 1.807) is 0 Å². The molecular weight excluding hydrogens is 402 g/mol. The topological polar surface area (TPSA) is 230 Å². The number of rotatable bonds is 9. The minimum Gasteiger partial charge on any atom is -0.549 e. The summed E-state index contributed by atoms with van der Waals surface area (Å²) in [4.78, 5) is 35.2. The van der Waals surface area contributed by atoms with Crippen LogP contribution in [-0.4, -0.2) is 90.6 Å². The second kappa shape index (κ2) is 8.85. The number of aliphatic carboxylic acids is 2. The smallest absolute Gasteiger partial charge is 0.167 e. The number of carboxylic acids is 2. The molecule has 1 saturated heterocycles. The molecule has 0 aromatic carbocycles. The van der Waals surface area contributed by atoms with E-state index in [1.165, 1.54) is 22.1 Å². The molecule has 2 aromatic rings. The number of imidazole rings is 1. The molecule has 7 N–H and O–H groups in total. The molecule has 1 aliphatic heterocycles. The summed E-state index contributed by atoms with van der Waals surface area (Å²) in [5, 5.41) is 42.8. The first-order chi connectivity index (χ1) is 14.2. The standard InChI is InChI=1S/C16H23N7O7/c17-7(16(28)29)1-2-22(4-9(24)25)3-8-11(26)12(27)15(30-8)23-6-21-10-13(18)19-5-20-14(10)23/h5-8,11-12,15,26-27H,1-4,17H2,(H,24,25)(H,28,29)(H2,18,19,20)/p-1/t7-,8+,11+,12+,15+/m0/s1. The Labute approximate surface area is 169 Å². The number of quaternary nitrogens is 1.